The minimum absolute atomic E-state index is 0. The van der Waals surface area contributed by atoms with Crippen LogP contribution < -0.4 is 34.0 Å². The topological polar surface area (TPSA) is 78.5 Å². The van der Waals surface area contributed by atoms with Crippen LogP contribution in [0.15, 0.2) is 72.8 Å². The number of carbonyl (C=O) groups excluding carboxylic acids is 2. The molecule has 0 atom stereocenters. The van der Waals surface area contributed by atoms with Crippen molar-refractivity contribution in [1.82, 2.24) is 0 Å². The molecule has 3 rings (SSSR count). The molecule has 5 nitrogen and oxygen atoms in total. The fourth-order valence-electron chi connectivity index (χ4n) is 2.65. The van der Waals surface area contributed by atoms with Crippen molar-refractivity contribution in [3.05, 3.63) is 99.5 Å². The van der Waals surface area contributed by atoms with Crippen LogP contribution in [0, 0.1) is 0 Å². The van der Waals surface area contributed by atoms with Crippen molar-refractivity contribution >= 4 is 46.8 Å². The summed E-state index contributed by atoms with van der Waals surface area (Å²) in [6.07, 6.45) is 3.70. The number of hydrogen-bond acceptors (Lipinski definition) is 4. The molecule has 3 aromatic rings. The molecule has 1 amide bonds. The van der Waals surface area contributed by atoms with Gasteiger partial charge >= 0.3 is 18.9 Å². The second-order valence-electron chi connectivity index (χ2n) is 6.20. The van der Waals surface area contributed by atoms with E-state index in [1.165, 1.54) is 30.3 Å². The van der Waals surface area contributed by atoms with Crippen molar-refractivity contribution in [3.8, 4) is 5.75 Å². The predicted octanol–water partition coefficient (Wildman–Crippen LogP) is 2.34. The molecule has 0 radical (unpaired) electrons. The first kappa shape index (κ1) is 27.4. The fraction of sp³-hybridized carbons (Fsp3) is 0.0833. The summed E-state index contributed by atoms with van der Waals surface area (Å²) in [4.78, 5) is 24.0. The molecule has 3 aromatic carbocycles. The Morgan fingerprint density at radius 2 is 1.69 bits per heavy atom. The summed E-state index contributed by atoms with van der Waals surface area (Å²) < 4.78 is 5.57. The van der Waals surface area contributed by atoms with Gasteiger partial charge in [0.05, 0.1) is 22.2 Å². The molecule has 0 saturated heterocycles. The zero-order valence-electron chi connectivity index (χ0n) is 16.6. The van der Waals surface area contributed by atoms with Gasteiger partial charge in [-0.05, 0) is 48.0 Å². The first-order valence-electron chi connectivity index (χ1n) is 8.90. The Balaban J connectivity index is 0.00000256. The van der Waals surface area contributed by atoms with Crippen LogP contribution in [0.2, 0.25) is 10.0 Å². The molecule has 0 unspecified atom stereocenters. The second-order valence-corrected chi connectivity index (χ2v) is 7.04. The standard InChI is InChI=1S/C23H17Cl2NO4.CH4.Li/c24-16-8-10-18(20(25)13-16)22(27)26-21-11-9-17(14-19(21)23(28)29)30-12-4-7-15-5-2-1-3-6-15;;/h1-11,13-14H,12H2,(H,26,27)(H,28,29);1H4;/q;;+1/p-1/b7-4+;;. The Labute approximate surface area is 209 Å². The summed E-state index contributed by atoms with van der Waals surface area (Å²) in [5.41, 5.74) is 1.04. The van der Waals surface area contributed by atoms with Gasteiger partial charge in [-0.1, -0.05) is 67.0 Å². The third-order valence-electron chi connectivity index (χ3n) is 4.09. The van der Waals surface area contributed by atoms with E-state index in [0.29, 0.717) is 10.8 Å². The number of nitrogens with one attached hydrogen (secondary N) is 1. The Hall–Kier alpha value is -2.68. The van der Waals surface area contributed by atoms with E-state index in [9.17, 15) is 14.7 Å². The van der Waals surface area contributed by atoms with Crippen molar-refractivity contribution in [2.24, 2.45) is 0 Å². The number of hydrogen-bond donors (Lipinski definition) is 1. The van der Waals surface area contributed by atoms with Gasteiger partial charge in [0.1, 0.15) is 12.4 Å². The van der Waals surface area contributed by atoms with E-state index in [2.05, 4.69) is 5.32 Å². The summed E-state index contributed by atoms with van der Waals surface area (Å²) in [7, 11) is 0. The predicted molar refractivity (Wildman–Crippen MR) is 123 cm³/mol. The monoisotopic (exact) mass is 463 g/mol. The maximum Gasteiger partial charge on any atom is 1.00 e. The van der Waals surface area contributed by atoms with Crippen LogP contribution in [-0.4, -0.2) is 18.5 Å². The third kappa shape index (κ3) is 7.47. The molecule has 0 aliphatic rings. The quantitative estimate of drug-likeness (QED) is 0.545. The van der Waals surface area contributed by atoms with Crippen molar-refractivity contribution in [3.63, 3.8) is 0 Å². The number of aromatic carboxylic acids is 1. The fourth-order valence-corrected chi connectivity index (χ4v) is 3.14. The van der Waals surface area contributed by atoms with Gasteiger partial charge in [-0.2, -0.15) is 0 Å². The first-order chi connectivity index (χ1) is 14.4. The van der Waals surface area contributed by atoms with Crippen LogP contribution in [0.4, 0.5) is 5.69 Å². The van der Waals surface area contributed by atoms with Crippen LogP contribution in [0.25, 0.3) is 6.08 Å². The summed E-state index contributed by atoms with van der Waals surface area (Å²) in [6.45, 7) is 0.244. The van der Waals surface area contributed by atoms with Gasteiger partial charge in [-0.15, -0.1) is 0 Å². The average molecular weight is 464 g/mol. The minimum Gasteiger partial charge on any atom is -0.545 e. The van der Waals surface area contributed by atoms with E-state index in [-0.39, 0.29) is 54.7 Å². The van der Waals surface area contributed by atoms with Crippen molar-refractivity contribution in [1.29, 1.82) is 0 Å². The molecule has 0 saturated carbocycles. The molecule has 1 N–H and O–H groups in total. The maximum atomic E-state index is 12.5. The van der Waals surface area contributed by atoms with Crippen LogP contribution in [0.1, 0.15) is 33.7 Å². The number of carboxylic acids is 1. The van der Waals surface area contributed by atoms with E-state index in [4.69, 9.17) is 27.9 Å². The number of halogens is 2. The molecule has 0 spiro atoms. The SMILES string of the molecule is C.O=C(Nc1ccc(OC/C=C/c2ccccc2)cc1C(=O)[O-])c1ccc(Cl)cc1Cl.[Li+]. The molecule has 0 heterocycles. The number of benzene rings is 3. The molecule has 0 bridgehead atoms. The molecule has 0 aromatic heterocycles. The van der Waals surface area contributed by atoms with E-state index in [1.807, 2.05) is 42.5 Å². The number of rotatable bonds is 7. The van der Waals surface area contributed by atoms with Crippen molar-refractivity contribution in [2.75, 3.05) is 11.9 Å². The van der Waals surface area contributed by atoms with Crippen LogP contribution in [0.3, 0.4) is 0 Å². The normalized spacial score (nSPS) is 10.1. The second kappa shape index (κ2) is 13.0. The Bertz CT molecular complexity index is 1100. The van der Waals surface area contributed by atoms with E-state index < -0.39 is 11.9 Å². The van der Waals surface area contributed by atoms with Crippen LogP contribution in [-0.2, 0) is 0 Å². The zero-order valence-corrected chi connectivity index (χ0v) is 18.1. The number of ether oxygens (including phenoxy) is 1. The molecule has 0 aliphatic carbocycles. The Morgan fingerprint density at radius 3 is 2.34 bits per heavy atom. The molecule has 8 heteroatoms. The van der Waals surface area contributed by atoms with E-state index >= 15 is 0 Å². The van der Waals surface area contributed by atoms with Gasteiger partial charge in [0.15, 0.2) is 0 Å². The molecule has 160 valence electrons. The summed E-state index contributed by atoms with van der Waals surface area (Å²) in [5.74, 6) is -1.69. The Morgan fingerprint density at radius 1 is 0.969 bits per heavy atom. The molecule has 0 fully saturated rings. The zero-order chi connectivity index (χ0) is 21.5. The molecule has 0 aliphatic heterocycles. The van der Waals surface area contributed by atoms with Gasteiger partial charge in [0, 0.05) is 10.6 Å². The average Bonchev–Trinajstić information content (AvgIpc) is 2.72. The summed E-state index contributed by atoms with van der Waals surface area (Å²) >= 11 is 11.9. The van der Waals surface area contributed by atoms with E-state index in [1.54, 1.807) is 6.07 Å². The number of amides is 1. The van der Waals surface area contributed by atoms with E-state index in [0.717, 1.165) is 5.56 Å². The minimum atomic E-state index is -1.45. The molecule has 32 heavy (non-hydrogen) atoms. The van der Waals surface area contributed by atoms with Crippen LogP contribution >= 0.6 is 23.2 Å². The number of anilines is 1. The van der Waals surface area contributed by atoms with Crippen molar-refractivity contribution in [2.45, 2.75) is 7.43 Å². The van der Waals surface area contributed by atoms with Crippen molar-refractivity contribution < 1.29 is 38.3 Å². The summed E-state index contributed by atoms with van der Waals surface area (Å²) in [5, 5.41) is 14.6. The number of carbonyl (C=O) groups is 2. The van der Waals surface area contributed by atoms with Gasteiger partial charge < -0.3 is 20.0 Å². The first-order valence-corrected chi connectivity index (χ1v) is 9.66. The van der Waals surface area contributed by atoms with Gasteiger partial charge in [0.25, 0.3) is 5.91 Å². The smallest absolute Gasteiger partial charge is 0.545 e. The molecular formula is C24H20Cl2LiNO4. The van der Waals surface area contributed by atoms with Gasteiger partial charge in [-0.3, -0.25) is 4.79 Å². The van der Waals surface area contributed by atoms with Gasteiger partial charge in [0.2, 0.25) is 0 Å². The largest absolute Gasteiger partial charge is 1.00 e. The maximum absolute atomic E-state index is 12.5. The number of carboxylic acid groups (broad SMARTS) is 1. The summed E-state index contributed by atoms with van der Waals surface area (Å²) in [6, 6.07) is 18.4. The Kier molecular flexibility index (Phi) is 11.1. The van der Waals surface area contributed by atoms with Crippen LogP contribution in [0.5, 0.6) is 5.75 Å². The van der Waals surface area contributed by atoms with Gasteiger partial charge in [-0.25, -0.2) is 0 Å². The molecular weight excluding hydrogens is 444 g/mol. The third-order valence-corrected chi connectivity index (χ3v) is 4.64.